The van der Waals surface area contributed by atoms with Crippen molar-refractivity contribution in [3.63, 3.8) is 0 Å². The molecule has 0 rings (SSSR count). The number of thiocarbonyl (C=S) groups is 1. The molecule has 1 atom stereocenters. The molecule has 0 aromatic carbocycles. The molecule has 0 radical (unpaired) electrons. The van der Waals surface area contributed by atoms with Gasteiger partial charge in [0.2, 0.25) is 0 Å². The van der Waals surface area contributed by atoms with Crippen LogP contribution in [0.1, 0.15) is 0 Å². The first-order valence-electron chi connectivity index (χ1n) is 3.09. The third-order valence-electron chi connectivity index (χ3n) is 1.13. The lowest BCUT2D eigenvalue weighted by atomic mass is 10.4. The molecule has 4 nitrogen and oxygen atoms in total. The first-order chi connectivity index (χ1) is 5.13. The second-order valence-corrected chi connectivity index (χ2v) is 2.36. The molecule has 1 unspecified atom stereocenters. The van der Waals surface area contributed by atoms with E-state index in [2.05, 4.69) is 18.8 Å². The minimum Gasteiger partial charge on any atom is -0.392 e. The Morgan fingerprint density at radius 2 is 2.36 bits per heavy atom. The van der Waals surface area contributed by atoms with Crippen LogP contribution in [-0.4, -0.2) is 39.6 Å². The molecule has 0 aliphatic rings. The predicted molar refractivity (Wildman–Crippen MR) is 46.8 cm³/mol. The Kier molecular flexibility index (Phi) is 4.76. The molecule has 0 spiro atoms. The Morgan fingerprint density at radius 1 is 1.82 bits per heavy atom. The molecule has 5 heteroatoms. The van der Waals surface area contributed by atoms with E-state index in [9.17, 15) is 0 Å². The average Bonchev–Trinajstić information content (AvgIpc) is 1.98. The van der Waals surface area contributed by atoms with Crippen molar-refractivity contribution in [1.29, 1.82) is 0 Å². The number of nitrogens with zero attached hydrogens (tertiary/aromatic N) is 1. The highest BCUT2D eigenvalue weighted by atomic mass is 32.1. The monoisotopic (exact) mass is 176 g/mol. The van der Waals surface area contributed by atoms with E-state index in [0.29, 0.717) is 6.54 Å². The van der Waals surface area contributed by atoms with E-state index >= 15 is 0 Å². The van der Waals surface area contributed by atoms with Crippen molar-refractivity contribution in [2.45, 2.75) is 6.23 Å². The van der Waals surface area contributed by atoms with Gasteiger partial charge in [-0.1, -0.05) is 6.08 Å². The second kappa shape index (κ2) is 5.06. The van der Waals surface area contributed by atoms with Crippen LogP contribution in [0.4, 0.5) is 0 Å². The van der Waals surface area contributed by atoms with Crippen LogP contribution in [0.3, 0.4) is 0 Å². The molecule has 0 bridgehead atoms. The number of nitrogens with two attached hydrogens (primary N) is 1. The molecule has 0 amide bonds. The second-order valence-electron chi connectivity index (χ2n) is 1.94. The van der Waals surface area contributed by atoms with Crippen LogP contribution in [0.5, 0.6) is 0 Å². The van der Waals surface area contributed by atoms with Crippen LogP contribution >= 0.6 is 12.2 Å². The van der Waals surface area contributed by atoms with Gasteiger partial charge in [0.05, 0.1) is 6.61 Å². The number of hydrogen-bond acceptors (Lipinski definition) is 3. The van der Waals surface area contributed by atoms with E-state index in [0.717, 1.165) is 0 Å². The molecule has 0 aliphatic heterocycles. The van der Waals surface area contributed by atoms with Crippen molar-refractivity contribution < 1.29 is 10.2 Å². The summed E-state index contributed by atoms with van der Waals surface area (Å²) in [4.78, 5) is 1.27. The Morgan fingerprint density at radius 3 is 2.64 bits per heavy atom. The van der Waals surface area contributed by atoms with E-state index in [4.69, 9.17) is 15.9 Å². The maximum Gasteiger partial charge on any atom is 0.168 e. The van der Waals surface area contributed by atoms with Gasteiger partial charge >= 0.3 is 0 Å². The third kappa shape index (κ3) is 3.31. The minimum absolute atomic E-state index is 0.0476. The SMILES string of the molecule is C=CCN(C(N)=S)C(O)CO. The predicted octanol–water partition coefficient (Wildman–Crippen LogP) is -0.971. The smallest absolute Gasteiger partial charge is 0.168 e. The van der Waals surface area contributed by atoms with E-state index in [1.807, 2.05) is 0 Å². The zero-order valence-electron chi connectivity index (χ0n) is 6.10. The zero-order chi connectivity index (χ0) is 8.85. The number of aliphatic hydroxyl groups is 2. The van der Waals surface area contributed by atoms with Gasteiger partial charge in [-0.25, -0.2) is 0 Å². The third-order valence-corrected chi connectivity index (χ3v) is 1.37. The first-order valence-corrected chi connectivity index (χ1v) is 3.50. The molecule has 0 saturated heterocycles. The zero-order valence-corrected chi connectivity index (χ0v) is 6.92. The fourth-order valence-corrected chi connectivity index (χ4v) is 0.792. The van der Waals surface area contributed by atoms with Gasteiger partial charge in [0, 0.05) is 6.54 Å². The summed E-state index contributed by atoms with van der Waals surface area (Å²) in [5.74, 6) is 0. The fourth-order valence-electron chi connectivity index (χ4n) is 0.596. The molecule has 64 valence electrons. The highest BCUT2D eigenvalue weighted by Gasteiger charge is 2.13. The van der Waals surface area contributed by atoms with Gasteiger partial charge in [0.15, 0.2) is 11.3 Å². The maximum atomic E-state index is 9.08. The van der Waals surface area contributed by atoms with E-state index in [-0.39, 0.29) is 5.11 Å². The quantitative estimate of drug-likeness (QED) is 0.292. The molecule has 0 aromatic rings. The van der Waals surface area contributed by atoms with Crippen LogP contribution in [0.2, 0.25) is 0 Å². The number of hydrogen-bond donors (Lipinski definition) is 3. The Balaban J connectivity index is 4.08. The summed E-state index contributed by atoms with van der Waals surface area (Å²) in [5.41, 5.74) is 5.24. The normalized spacial score (nSPS) is 12.2. The van der Waals surface area contributed by atoms with Crippen LogP contribution < -0.4 is 5.73 Å². The standard InChI is InChI=1S/C6H12N2O2S/c1-2-3-8(6(7)11)5(10)4-9/h2,5,9-10H,1,3-4H2,(H2,7,11). The van der Waals surface area contributed by atoms with E-state index in [1.54, 1.807) is 0 Å². The molecular weight excluding hydrogens is 164 g/mol. The summed E-state index contributed by atoms with van der Waals surface area (Å²) in [6, 6.07) is 0. The van der Waals surface area contributed by atoms with Gasteiger partial charge in [-0.05, 0) is 12.2 Å². The van der Waals surface area contributed by atoms with E-state index in [1.165, 1.54) is 11.0 Å². The van der Waals surface area contributed by atoms with Crippen molar-refractivity contribution >= 4 is 17.3 Å². The van der Waals surface area contributed by atoms with Crippen LogP contribution in [0.25, 0.3) is 0 Å². The Labute approximate surface area is 70.9 Å². The maximum absolute atomic E-state index is 9.08. The lowest BCUT2D eigenvalue weighted by molar-refractivity contribution is 0.00997. The van der Waals surface area contributed by atoms with Crippen molar-refractivity contribution in [3.8, 4) is 0 Å². The van der Waals surface area contributed by atoms with Crippen molar-refractivity contribution in [3.05, 3.63) is 12.7 Å². The van der Waals surface area contributed by atoms with Crippen molar-refractivity contribution in [1.82, 2.24) is 4.90 Å². The van der Waals surface area contributed by atoms with Gasteiger partial charge in [-0.2, -0.15) is 0 Å². The van der Waals surface area contributed by atoms with Gasteiger partial charge in [-0.3, -0.25) is 0 Å². The average molecular weight is 176 g/mol. The van der Waals surface area contributed by atoms with Crippen LogP contribution in [0, 0.1) is 0 Å². The number of aliphatic hydroxyl groups excluding tert-OH is 2. The molecule has 0 aliphatic carbocycles. The van der Waals surface area contributed by atoms with Gasteiger partial charge in [0.25, 0.3) is 0 Å². The molecule has 0 fully saturated rings. The fraction of sp³-hybridized carbons (Fsp3) is 0.500. The van der Waals surface area contributed by atoms with Gasteiger partial charge < -0.3 is 20.8 Å². The molecular formula is C6H12N2O2S. The summed E-state index contributed by atoms with van der Waals surface area (Å²) >= 11 is 4.61. The van der Waals surface area contributed by atoms with Crippen LogP contribution in [0.15, 0.2) is 12.7 Å². The lowest BCUT2D eigenvalue weighted by Gasteiger charge is -2.25. The summed E-state index contributed by atoms with van der Waals surface area (Å²) < 4.78 is 0. The van der Waals surface area contributed by atoms with Gasteiger partial charge in [-0.15, -0.1) is 6.58 Å². The molecule has 4 N–H and O–H groups in total. The Bertz CT molecular complexity index is 152. The van der Waals surface area contributed by atoms with E-state index < -0.39 is 12.8 Å². The molecule has 0 saturated carbocycles. The lowest BCUT2D eigenvalue weighted by Crippen LogP contribution is -2.45. The molecule has 11 heavy (non-hydrogen) atoms. The highest BCUT2D eigenvalue weighted by Crippen LogP contribution is 1.94. The number of rotatable bonds is 4. The summed E-state index contributed by atoms with van der Waals surface area (Å²) in [5, 5.41) is 17.7. The first kappa shape index (κ1) is 10.3. The minimum atomic E-state index is -1.04. The molecule has 0 heterocycles. The van der Waals surface area contributed by atoms with Crippen LogP contribution in [-0.2, 0) is 0 Å². The van der Waals surface area contributed by atoms with Crippen molar-refractivity contribution in [2.75, 3.05) is 13.2 Å². The summed E-state index contributed by atoms with van der Waals surface area (Å²) in [6.45, 7) is 3.38. The Hall–Kier alpha value is -0.650. The largest absolute Gasteiger partial charge is 0.392 e. The highest BCUT2D eigenvalue weighted by molar-refractivity contribution is 7.80. The van der Waals surface area contributed by atoms with Crippen molar-refractivity contribution in [2.24, 2.45) is 5.73 Å². The summed E-state index contributed by atoms with van der Waals surface area (Å²) in [6.07, 6.45) is 0.503. The van der Waals surface area contributed by atoms with Gasteiger partial charge in [0.1, 0.15) is 0 Å². The molecule has 0 aromatic heterocycles. The topological polar surface area (TPSA) is 69.7 Å². The summed E-state index contributed by atoms with van der Waals surface area (Å²) in [7, 11) is 0.